The molecule has 1 aromatic carbocycles. The quantitative estimate of drug-likeness (QED) is 0.816. The lowest BCUT2D eigenvalue weighted by atomic mass is 10.2. The van der Waals surface area contributed by atoms with Crippen molar-refractivity contribution in [2.45, 2.75) is 23.8 Å². The van der Waals surface area contributed by atoms with Crippen LogP contribution in [-0.4, -0.2) is 44.9 Å². The van der Waals surface area contributed by atoms with Crippen molar-refractivity contribution in [3.05, 3.63) is 28.8 Å². The van der Waals surface area contributed by atoms with Gasteiger partial charge in [-0.25, -0.2) is 13.2 Å². The van der Waals surface area contributed by atoms with Crippen LogP contribution >= 0.6 is 24.0 Å². The summed E-state index contributed by atoms with van der Waals surface area (Å²) in [7, 11) is -2.64. The third kappa shape index (κ3) is 3.55. The molecule has 1 heterocycles. The van der Waals surface area contributed by atoms with Crippen molar-refractivity contribution < 1.29 is 17.9 Å². The van der Waals surface area contributed by atoms with Gasteiger partial charge < -0.3 is 10.5 Å². The maximum Gasteiger partial charge on any atom is 0.339 e. The fourth-order valence-electron chi connectivity index (χ4n) is 2.48. The van der Waals surface area contributed by atoms with Crippen molar-refractivity contribution in [3.63, 3.8) is 0 Å². The summed E-state index contributed by atoms with van der Waals surface area (Å²) in [6.45, 7) is 0.630. The molecule has 0 aliphatic carbocycles. The molecule has 1 unspecified atom stereocenters. The van der Waals surface area contributed by atoms with E-state index in [2.05, 4.69) is 4.74 Å². The number of methoxy groups -OCH3 is 1. The van der Waals surface area contributed by atoms with Crippen molar-refractivity contribution in [2.24, 2.45) is 5.73 Å². The van der Waals surface area contributed by atoms with Crippen molar-refractivity contribution in [2.75, 3.05) is 20.2 Å². The molecule has 0 radical (unpaired) electrons. The van der Waals surface area contributed by atoms with Gasteiger partial charge in [-0.2, -0.15) is 4.31 Å². The Balaban J connectivity index is 0.00000242. The van der Waals surface area contributed by atoms with Crippen LogP contribution < -0.4 is 5.73 Å². The van der Waals surface area contributed by atoms with E-state index in [1.54, 1.807) is 0 Å². The van der Waals surface area contributed by atoms with Crippen LogP contribution in [0, 0.1) is 0 Å². The molecule has 0 saturated carbocycles. The molecule has 1 aliphatic heterocycles. The van der Waals surface area contributed by atoms with E-state index in [9.17, 15) is 13.2 Å². The normalized spacial score (nSPS) is 18.8. The largest absolute Gasteiger partial charge is 0.465 e. The van der Waals surface area contributed by atoms with E-state index in [-0.39, 0.29) is 40.5 Å². The summed E-state index contributed by atoms with van der Waals surface area (Å²) in [5.41, 5.74) is 5.61. The van der Waals surface area contributed by atoms with E-state index in [0.29, 0.717) is 13.0 Å². The predicted octanol–water partition coefficient (Wildman–Crippen LogP) is 1.66. The van der Waals surface area contributed by atoms with Crippen LogP contribution in [0.25, 0.3) is 0 Å². The van der Waals surface area contributed by atoms with Gasteiger partial charge in [0.05, 0.1) is 17.6 Å². The highest BCUT2D eigenvalue weighted by molar-refractivity contribution is 7.89. The zero-order valence-electron chi connectivity index (χ0n) is 12.0. The first-order valence-electron chi connectivity index (χ1n) is 6.51. The fourth-order valence-corrected chi connectivity index (χ4v) is 4.62. The Kier molecular flexibility index (Phi) is 6.64. The Morgan fingerprint density at radius 3 is 2.77 bits per heavy atom. The smallest absolute Gasteiger partial charge is 0.339 e. The highest BCUT2D eigenvalue weighted by Gasteiger charge is 2.36. The summed E-state index contributed by atoms with van der Waals surface area (Å²) >= 11 is 5.89. The third-order valence-electron chi connectivity index (χ3n) is 3.53. The summed E-state index contributed by atoms with van der Waals surface area (Å²) in [5, 5.41) is 0.240. The number of sulfonamides is 1. The maximum atomic E-state index is 12.8. The molecule has 1 fully saturated rings. The summed E-state index contributed by atoms with van der Waals surface area (Å²) < 4.78 is 31.6. The van der Waals surface area contributed by atoms with Crippen LogP contribution in [0.1, 0.15) is 23.2 Å². The zero-order chi connectivity index (χ0) is 15.6. The number of esters is 1. The molecule has 2 rings (SSSR count). The molecule has 0 spiro atoms. The van der Waals surface area contributed by atoms with Crippen LogP contribution in [0.2, 0.25) is 5.02 Å². The number of benzene rings is 1. The van der Waals surface area contributed by atoms with Gasteiger partial charge in [0.15, 0.2) is 0 Å². The van der Waals surface area contributed by atoms with E-state index < -0.39 is 16.0 Å². The van der Waals surface area contributed by atoms with E-state index >= 15 is 0 Å². The van der Waals surface area contributed by atoms with Crippen LogP contribution in [0.5, 0.6) is 0 Å². The van der Waals surface area contributed by atoms with Gasteiger partial charge in [-0.15, -0.1) is 12.4 Å². The first-order valence-corrected chi connectivity index (χ1v) is 8.33. The Bertz CT molecular complexity index is 651. The van der Waals surface area contributed by atoms with E-state index in [1.807, 2.05) is 0 Å². The summed E-state index contributed by atoms with van der Waals surface area (Å²) in [6.07, 6.45) is 1.46. The molecule has 9 heteroatoms. The number of rotatable bonds is 4. The lowest BCUT2D eigenvalue weighted by Gasteiger charge is -2.23. The second-order valence-corrected chi connectivity index (χ2v) is 7.07. The van der Waals surface area contributed by atoms with E-state index in [0.717, 1.165) is 6.42 Å². The summed E-state index contributed by atoms with van der Waals surface area (Å²) in [5.74, 6) is -0.714. The minimum Gasteiger partial charge on any atom is -0.465 e. The topological polar surface area (TPSA) is 89.7 Å². The number of nitrogens with zero attached hydrogens (tertiary/aromatic N) is 1. The average molecular weight is 369 g/mol. The summed E-state index contributed by atoms with van der Waals surface area (Å²) in [6, 6.07) is 3.83. The standard InChI is InChI=1S/C13H17ClN2O4S.ClH/c1-20-13(17)11-5-4-9(14)7-12(11)21(18,19)16-6-2-3-10(16)8-15;/h4-5,7,10H,2-3,6,8,15H2,1H3;1H. The van der Waals surface area contributed by atoms with Crippen molar-refractivity contribution >= 4 is 40.0 Å². The Labute approximate surface area is 141 Å². The molecule has 1 aliphatic rings. The SMILES string of the molecule is COC(=O)c1ccc(Cl)cc1S(=O)(=O)N1CCCC1CN.Cl. The highest BCUT2D eigenvalue weighted by atomic mass is 35.5. The molecule has 1 saturated heterocycles. The minimum atomic E-state index is -3.84. The molecular formula is C13H18Cl2N2O4S. The van der Waals surface area contributed by atoms with Gasteiger partial charge in [0.2, 0.25) is 10.0 Å². The Morgan fingerprint density at radius 2 is 2.18 bits per heavy atom. The van der Waals surface area contributed by atoms with Gasteiger partial charge in [-0.1, -0.05) is 11.6 Å². The molecule has 0 bridgehead atoms. The molecule has 22 heavy (non-hydrogen) atoms. The Hall–Kier alpha value is -0.860. The molecule has 0 aromatic heterocycles. The highest BCUT2D eigenvalue weighted by Crippen LogP contribution is 2.29. The van der Waals surface area contributed by atoms with Gasteiger partial charge in [0.1, 0.15) is 0 Å². The Morgan fingerprint density at radius 1 is 1.50 bits per heavy atom. The number of carbonyl (C=O) groups is 1. The molecular weight excluding hydrogens is 351 g/mol. The van der Waals surface area contributed by atoms with E-state index in [4.69, 9.17) is 17.3 Å². The maximum absolute atomic E-state index is 12.8. The fraction of sp³-hybridized carbons (Fsp3) is 0.462. The number of nitrogens with two attached hydrogens (primary N) is 1. The van der Waals surface area contributed by atoms with Crippen LogP contribution in [0.15, 0.2) is 23.1 Å². The first kappa shape index (κ1) is 19.2. The number of carbonyl (C=O) groups excluding carboxylic acids is 1. The number of halogens is 2. The van der Waals surface area contributed by atoms with Crippen molar-refractivity contribution in [1.82, 2.24) is 4.31 Å². The molecule has 6 nitrogen and oxygen atoms in total. The summed E-state index contributed by atoms with van der Waals surface area (Å²) in [4.78, 5) is 11.6. The number of ether oxygens (including phenoxy) is 1. The molecule has 0 amide bonds. The second-order valence-electron chi connectivity index (χ2n) is 4.78. The number of hydrogen-bond donors (Lipinski definition) is 1. The van der Waals surface area contributed by atoms with Crippen molar-refractivity contribution in [3.8, 4) is 0 Å². The first-order chi connectivity index (χ1) is 9.91. The average Bonchev–Trinajstić information content (AvgIpc) is 2.95. The van der Waals surface area contributed by atoms with Gasteiger partial charge in [0.25, 0.3) is 0 Å². The molecule has 1 aromatic rings. The number of hydrogen-bond acceptors (Lipinski definition) is 5. The van der Waals surface area contributed by atoms with Gasteiger partial charge >= 0.3 is 5.97 Å². The minimum absolute atomic E-state index is 0. The van der Waals surface area contributed by atoms with Gasteiger partial charge in [0, 0.05) is 24.2 Å². The van der Waals surface area contributed by atoms with Crippen LogP contribution in [-0.2, 0) is 14.8 Å². The van der Waals surface area contributed by atoms with Crippen LogP contribution in [0.4, 0.5) is 0 Å². The lowest BCUT2D eigenvalue weighted by molar-refractivity contribution is 0.0596. The predicted molar refractivity (Wildman–Crippen MR) is 86.0 cm³/mol. The molecule has 124 valence electrons. The van der Waals surface area contributed by atoms with E-state index in [1.165, 1.54) is 29.6 Å². The molecule has 2 N–H and O–H groups in total. The monoisotopic (exact) mass is 368 g/mol. The van der Waals surface area contributed by atoms with Gasteiger partial charge in [-0.3, -0.25) is 0 Å². The van der Waals surface area contributed by atoms with Gasteiger partial charge in [-0.05, 0) is 31.0 Å². The molecule has 1 atom stereocenters. The third-order valence-corrected chi connectivity index (χ3v) is 5.76. The van der Waals surface area contributed by atoms with Crippen molar-refractivity contribution in [1.29, 1.82) is 0 Å². The zero-order valence-corrected chi connectivity index (χ0v) is 14.4. The lowest BCUT2D eigenvalue weighted by Crippen LogP contribution is -2.40. The second kappa shape index (κ2) is 7.61. The van der Waals surface area contributed by atoms with Crippen LogP contribution in [0.3, 0.4) is 0 Å².